The van der Waals surface area contributed by atoms with Gasteiger partial charge in [-0.2, -0.15) is 0 Å². The van der Waals surface area contributed by atoms with Crippen molar-refractivity contribution in [1.29, 1.82) is 0 Å². The molecule has 2 aromatic rings. The predicted molar refractivity (Wildman–Crippen MR) is 130 cm³/mol. The Balaban J connectivity index is 1.39. The van der Waals surface area contributed by atoms with Crippen LogP contribution >= 0.6 is 0 Å². The number of aliphatic carboxylic acids is 1. The Kier molecular flexibility index (Phi) is 8.02. The molecule has 0 aromatic heterocycles. The van der Waals surface area contributed by atoms with Crippen molar-refractivity contribution in [2.45, 2.75) is 50.1 Å². The van der Waals surface area contributed by atoms with Gasteiger partial charge >= 0.3 is 12.1 Å². The third-order valence-electron chi connectivity index (χ3n) is 6.71. The molecule has 8 nitrogen and oxygen atoms in total. The van der Waals surface area contributed by atoms with Crippen molar-refractivity contribution in [3.05, 3.63) is 59.7 Å². The van der Waals surface area contributed by atoms with E-state index in [0.29, 0.717) is 19.4 Å². The van der Waals surface area contributed by atoms with Gasteiger partial charge in [-0.05, 0) is 53.9 Å². The highest BCUT2D eigenvalue weighted by atomic mass is 16.5. The van der Waals surface area contributed by atoms with Crippen LogP contribution in [0.5, 0.6) is 0 Å². The number of nitrogens with one attached hydrogen (secondary N) is 2. The molecule has 0 spiro atoms. The molecular weight excluding hydrogens is 448 g/mol. The van der Waals surface area contributed by atoms with Crippen molar-refractivity contribution in [1.82, 2.24) is 10.6 Å². The van der Waals surface area contributed by atoms with E-state index < -0.39 is 30.1 Å². The lowest BCUT2D eigenvalue weighted by Crippen LogP contribution is -2.50. The number of carboxylic acid groups (broad SMARTS) is 1. The summed E-state index contributed by atoms with van der Waals surface area (Å²) in [5.74, 6) is -1.26. The number of hydrogen-bond acceptors (Lipinski definition) is 5. The highest BCUT2D eigenvalue weighted by Crippen LogP contribution is 2.44. The minimum atomic E-state index is -0.956. The number of amides is 2. The molecule has 186 valence electrons. The minimum absolute atomic E-state index is 0.0799. The van der Waals surface area contributed by atoms with E-state index in [9.17, 15) is 19.5 Å². The van der Waals surface area contributed by atoms with Crippen LogP contribution in [0.1, 0.15) is 49.1 Å². The number of methoxy groups -OCH3 is 1. The van der Waals surface area contributed by atoms with Gasteiger partial charge in [0.25, 0.3) is 0 Å². The first-order chi connectivity index (χ1) is 17.0. The fraction of sp³-hybridized carbons (Fsp3) is 0.444. The molecule has 4 rings (SSSR count). The Labute approximate surface area is 205 Å². The lowest BCUT2D eigenvalue weighted by molar-refractivity contribution is -0.138. The van der Waals surface area contributed by atoms with Crippen LogP contribution in [0.15, 0.2) is 48.5 Å². The van der Waals surface area contributed by atoms with E-state index in [1.807, 2.05) is 36.4 Å². The number of alkyl carbamates (subject to hydrolysis) is 1. The second kappa shape index (κ2) is 11.4. The Hall–Kier alpha value is -3.39. The number of fused-ring (bicyclic) bond motifs is 3. The molecule has 2 unspecified atom stereocenters. The van der Waals surface area contributed by atoms with E-state index in [1.54, 1.807) is 7.11 Å². The molecule has 35 heavy (non-hydrogen) atoms. The van der Waals surface area contributed by atoms with Crippen LogP contribution in [0.3, 0.4) is 0 Å². The van der Waals surface area contributed by atoms with Crippen LogP contribution in [0.25, 0.3) is 11.1 Å². The molecule has 2 amide bonds. The van der Waals surface area contributed by atoms with E-state index in [0.717, 1.165) is 35.1 Å². The van der Waals surface area contributed by atoms with Gasteiger partial charge in [0.05, 0.1) is 6.42 Å². The molecule has 8 heteroatoms. The Morgan fingerprint density at radius 2 is 1.63 bits per heavy atom. The topological polar surface area (TPSA) is 114 Å². The van der Waals surface area contributed by atoms with Crippen LogP contribution in [0, 0.1) is 5.92 Å². The molecular formula is C27H32N2O6. The Bertz CT molecular complexity index is 1020. The number of benzene rings is 2. The molecule has 0 radical (unpaired) electrons. The molecule has 2 aliphatic rings. The van der Waals surface area contributed by atoms with Gasteiger partial charge in [0.15, 0.2) is 0 Å². The number of hydrogen-bond donors (Lipinski definition) is 3. The first kappa shape index (κ1) is 24.7. The molecule has 0 aliphatic heterocycles. The molecule has 2 aromatic carbocycles. The number of carbonyl (C=O) groups is 3. The van der Waals surface area contributed by atoms with Crippen molar-refractivity contribution >= 4 is 18.0 Å². The summed E-state index contributed by atoms with van der Waals surface area (Å²) < 4.78 is 10.7. The summed E-state index contributed by atoms with van der Waals surface area (Å²) in [5, 5.41) is 14.7. The van der Waals surface area contributed by atoms with Gasteiger partial charge in [0.1, 0.15) is 12.6 Å². The zero-order chi connectivity index (χ0) is 24.8. The second-order valence-corrected chi connectivity index (χ2v) is 9.21. The van der Waals surface area contributed by atoms with Gasteiger partial charge in [-0.15, -0.1) is 0 Å². The molecule has 0 saturated heterocycles. The van der Waals surface area contributed by atoms with Crippen molar-refractivity contribution in [3.8, 4) is 11.1 Å². The fourth-order valence-electron chi connectivity index (χ4n) is 4.79. The molecule has 2 aliphatic carbocycles. The van der Waals surface area contributed by atoms with Gasteiger partial charge < -0.3 is 25.2 Å². The summed E-state index contributed by atoms with van der Waals surface area (Å²) in [7, 11) is 1.57. The van der Waals surface area contributed by atoms with E-state index in [-0.39, 0.29) is 24.9 Å². The third-order valence-corrected chi connectivity index (χ3v) is 6.71. The summed E-state index contributed by atoms with van der Waals surface area (Å²) in [6, 6.07) is 14.9. The second-order valence-electron chi connectivity index (χ2n) is 9.21. The molecule has 0 bridgehead atoms. The van der Waals surface area contributed by atoms with Crippen LogP contribution in [-0.4, -0.2) is 55.5 Å². The highest BCUT2D eigenvalue weighted by molar-refractivity contribution is 5.86. The summed E-state index contributed by atoms with van der Waals surface area (Å²) in [5.41, 5.74) is 4.49. The van der Waals surface area contributed by atoms with Gasteiger partial charge in [0.2, 0.25) is 5.91 Å². The maximum absolute atomic E-state index is 13.0. The summed E-state index contributed by atoms with van der Waals surface area (Å²) in [6.45, 7) is 0.591. The smallest absolute Gasteiger partial charge is 0.407 e. The van der Waals surface area contributed by atoms with E-state index >= 15 is 0 Å². The number of rotatable bonds is 12. The van der Waals surface area contributed by atoms with Crippen molar-refractivity contribution in [2.75, 3.05) is 20.3 Å². The van der Waals surface area contributed by atoms with Crippen molar-refractivity contribution < 1.29 is 29.0 Å². The molecule has 1 fully saturated rings. The van der Waals surface area contributed by atoms with E-state index in [2.05, 4.69) is 22.8 Å². The lowest BCUT2D eigenvalue weighted by atomic mass is 9.98. The summed E-state index contributed by atoms with van der Waals surface area (Å²) >= 11 is 0. The quantitative estimate of drug-likeness (QED) is 0.399. The van der Waals surface area contributed by atoms with Crippen LogP contribution < -0.4 is 10.6 Å². The average Bonchev–Trinajstić information content (AvgIpc) is 3.64. The van der Waals surface area contributed by atoms with Crippen molar-refractivity contribution in [2.24, 2.45) is 5.92 Å². The normalized spacial score (nSPS) is 16.0. The summed E-state index contributed by atoms with van der Waals surface area (Å²) in [4.78, 5) is 36.9. The maximum atomic E-state index is 13.0. The van der Waals surface area contributed by atoms with Crippen LogP contribution in [0.4, 0.5) is 4.79 Å². The number of ether oxygens (including phenoxy) is 2. The SMILES string of the molecule is COCCCC(NC(=O)OCC1c2ccccc2-c2ccccc21)C(=O)NC(CC(=O)O)C1CC1. The van der Waals surface area contributed by atoms with E-state index in [4.69, 9.17) is 9.47 Å². The van der Waals surface area contributed by atoms with Gasteiger partial charge in [-0.25, -0.2) is 4.79 Å². The monoisotopic (exact) mass is 480 g/mol. The van der Waals surface area contributed by atoms with Crippen LogP contribution in [0.2, 0.25) is 0 Å². The average molecular weight is 481 g/mol. The zero-order valence-electron chi connectivity index (χ0n) is 19.9. The zero-order valence-corrected chi connectivity index (χ0v) is 19.9. The lowest BCUT2D eigenvalue weighted by Gasteiger charge is -2.23. The molecule has 2 atom stereocenters. The Morgan fingerprint density at radius 1 is 1.00 bits per heavy atom. The van der Waals surface area contributed by atoms with Crippen LogP contribution in [-0.2, 0) is 19.1 Å². The molecule has 3 N–H and O–H groups in total. The Morgan fingerprint density at radius 3 is 2.20 bits per heavy atom. The fourth-order valence-corrected chi connectivity index (χ4v) is 4.79. The standard InChI is InChI=1S/C27H32N2O6/c1-34-14-6-11-23(26(32)28-24(15-25(30)31)17-12-13-17)29-27(33)35-16-22-20-9-4-2-7-18(20)19-8-3-5-10-21(19)22/h2-5,7-10,17,22-24H,6,11-16H2,1H3,(H,28,32)(H,29,33)(H,30,31). The van der Waals surface area contributed by atoms with Crippen molar-refractivity contribution in [3.63, 3.8) is 0 Å². The number of carbonyl (C=O) groups excluding carboxylic acids is 2. The van der Waals surface area contributed by atoms with Gasteiger partial charge in [-0.3, -0.25) is 9.59 Å². The first-order valence-electron chi connectivity index (χ1n) is 12.1. The summed E-state index contributed by atoms with van der Waals surface area (Å²) in [6.07, 6.45) is 1.90. The largest absolute Gasteiger partial charge is 0.481 e. The van der Waals surface area contributed by atoms with Gasteiger partial charge in [-0.1, -0.05) is 48.5 Å². The van der Waals surface area contributed by atoms with Gasteiger partial charge in [0, 0.05) is 25.7 Å². The molecule has 1 saturated carbocycles. The first-order valence-corrected chi connectivity index (χ1v) is 12.1. The highest BCUT2D eigenvalue weighted by Gasteiger charge is 2.35. The third kappa shape index (κ3) is 6.19. The maximum Gasteiger partial charge on any atom is 0.407 e. The predicted octanol–water partition coefficient (Wildman–Crippen LogP) is 3.69. The minimum Gasteiger partial charge on any atom is -0.481 e. The number of carboxylic acids is 1. The molecule has 0 heterocycles. The van der Waals surface area contributed by atoms with E-state index in [1.165, 1.54) is 0 Å².